The molecule has 0 heterocycles. The molecule has 6 heteroatoms. The molecule has 0 unspecified atom stereocenters. The summed E-state index contributed by atoms with van der Waals surface area (Å²) in [4.78, 5) is 23.3. The molecular weight excluding hydrogens is 302 g/mol. The Kier molecular flexibility index (Phi) is 5.27. The predicted molar refractivity (Wildman–Crippen MR) is 87.0 cm³/mol. The lowest BCUT2D eigenvalue weighted by Gasteiger charge is -2.04. The molecule has 2 aromatic rings. The minimum atomic E-state index is -0.842. The van der Waals surface area contributed by atoms with Crippen molar-refractivity contribution in [3.8, 4) is 0 Å². The van der Waals surface area contributed by atoms with Crippen LogP contribution >= 0.6 is 11.6 Å². The number of anilines is 1. The molecule has 0 aliphatic heterocycles. The molecule has 112 valence electrons. The quantitative estimate of drug-likeness (QED) is 0.519. The summed E-state index contributed by atoms with van der Waals surface area (Å²) in [5.74, 6) is -1.62. The minimum Gasteiger partial charge on any atom is -0.318 e. The molecule has 2 rings (SSSR count). The van der Waals surface area contributed by atoms with Gasteiger partial charge < -0.3 is 5.32 Å². The number of carbonyl (C=O) groups is 2. The molecule has 5 nitrogen and oxygen atoms in total. The van der Waals surface area contributed by atoms with E-state index in [1.807, 2.05) is 19.1 Å². The lowest BCUT2D eigenvalue weighted by molar-refractivity contribution is -0.136. The molecule has 0 fully saturated rings. The average Bonchev–Trinajstić information content (AvgIpc) is 2.51. The number of hydrogen-bond acceptors (Lipinski definition) is 3. The van der Waals surface area contributed by atoms with Crippen LogP contribution in [0.4, 0.5) is 5.69 Å². The number of hydrazone groups is 1. The van der Waals surface area contributed by atoms with Gasteiger partial charge in [-0.2, -0.15) is 5.10 Å². The summed E-state index contributed by atoms with van der Waals surface area (Å²) in [5.41, 5.74) is 4.53. The van der Waals surface area contributed by atoms with Gasteiger partial charge in [0.15, 0.2) is 0 Å². The van der Waals surface area contributed by atoms with Gasteiger partial charge in [0.1, 0.15) is 0 Å². The van der Waals surface area contributed by atoms with Crippen LogP contribution in [0.1, 0.15) is 11.1 Å². The monoisotopic (exact) mass is 315 g/mol. The molecule has 0 aliphatic carbocycles. The van der Waals surface area contributed by atoms with E-state index in [1.165, 1.54) is 6.21 Å². The SMILES string of the molecule is Cc1ccc(NC(=O)C(=O)N/N=C\c2ccc(Cl)cc2)cc1. The van der Waals surface area contributed by atoms with Gasteiger partial charge in [-0.3, -0.25) is 9.59 Å². The number of nitrogens with one attached hydrogen (secondary N) is 2. The third-order valence-corrected chi connectivity index (χ3v) is 3.02. The summed E-state index contributed by atoms with van der Waals surface area (Å²) >= 11 is 5.76. The van der Waals surface area contributed by atoms with Crippen LogP contribution < -0.4 is 10.7 Å². The highest BCUT2D eigenvalue weighted by molar-refractivity contribution is 6.39. The van der Waals surface area contributed by atoms with Gasteiger partial charge in [0.25, 0.3) is 0 Å². The second-order valence-electron chi connectivity index (χ2n) is 4.57. The Morgan fingerprint density at radius 1 is 1.00 bits per heavy atom. The zero-order chi connectivity index (χ0) is 15.9. The second-order valence-corrected chi connectivity index (χ2v) is 5.01. The van der Waals surface area contributed by atoms with Crippen LogP contribution in [0, 0.1) is 6.92 Å². The molecule has 0 aliphatic rings. The van der Waals surface area contributed by atoms with E-state index in [0.717, 1.165) is 11.1 Å². The van der Waals surface area contributed by atoms with Crippen molar-refractivity contribution in [3.63, 3.8) is 0 Å². The first kappa shape index (κ1) is 15.7. The topological polar surface area (TPSA) is 70.6 Å². The predicted octanol–water partition coefficient (Wildman–Crippen LogP) is 2.74. The van der Waals surface area contributed by atoms with Crippen LogP contribution in [0.25, 0.3) is 0 Å². The fraction of sp³-hybridized carbons (Fsp3) is 0.0625. The van der Waals surface area contributed by atoms with Crippen molar-refractivity contribution in [2.24, 2.45) is 5.10 Å². The summed E-state index contributed by atoms with van der Waals surface area (Å²) in [6, 6.07) is 14.0. The number of amides is 2. The third-order valence-electron chi connectivity index (χ3n) is 2.77. The van der Waals surface area contributed by atoms with Crippen LogP contribution in [0.3, 0.4) is 0 Å². The van der Waals surface area contributed by atoms with Gasteiger partial charge in [0.05, 0.1) is 6.21 Å². The molecule has 22 heavy (non-hydrogen) atoms. The van der Waals surface area contributed by atoms with Crippen LogP contribution in [-0.4, -0.2) is 18.0 Å². The van der Waals surface area contributed by atoms with Crippen LogP contribution in [0.2, 0.25) is 5.02 Å². The maximum Gasteiger partial charge on any atom is 0.329 e. The molecule has 0 bridgehead atoms. The molecule has 0 radical (unpaired) electrons. The smallest absolute Gasteiger partial charge is 0.318 e. The van der Waals surface area contributed by atoms with Crippen molar-refractivity contribution < 1.29 is 9.59 Å². The van der Waals surface area contributed by atoms with Gasteiger partial charge in [-0.1, -0.05) is 41.4 Å². The van der Waals surface area contributed by atoms with Crippen molar-refractivity contribution >= 4 is 35.3 Å². The van der Waals surface area contributed by atoms with E-state index in [1.54, 1.807) is 36.4 Å². The molecule has 2 N–H and O–H groups in total. The standard InChI is InChI=1S/C16H14ClN3O2/c1-11-2-8-14(9-3-11)19-15(21)16(22)20-18-10-12-4-6-13(17)7-5-12/h2-10H,1H3,(H,19,21)(H,20,22)/b18-10-. The first-order valence-electron chi connectivity index (χ1n) is 6.51. The van der Waals surface area contributed by atoms with E-state index >= 15 is 0 Å². The Balaban J connectivity index is 1.87. The van der Waals surface area contributed by atoms with Gasteiger partial charge in [-0.15, -0.1) is 0 Å². The van der Waals surface area contributed by atoms with Gasteiger partial charge in [0, 0.05) is 10.7 Å². The Morgan fingerprint density at radius 2 is 1.64 bits per heavy atom. The highest BCUT2D eigenvalue weighted by Crippen LogP contribution is 2.08. The first-order valence-corrected chi connectivity index (χ1v) is 6.89. The average molecular weight is 316 g/mol. The summed E-state index contributed by atoms with van der Waals surface area (Å²) in [5, 5.41) is 6.81. The highest BCUT2D eigenvalue weighted by Gasteiger charge is 2.12. The Bertz CT molecular complexity index is 694. The first-order chi connectivity index (χ1) is 10.5. The Hall–Kier alpha value is -2.66. The number of benzene rings is 2. The van der Waals surface area contributed by atoms with E-state index in [-0.39, 0.29) is 0 Å². The maximum absolute atomic E-state index is 11.7. The molecule has 2 amide bonds. The third kappa shape index (κ3) is 4.71. The van der Waals surface area contributed by atoms with Crippen molar-refractivity contribution in [1.29, 1.82) is 0 Å². The van der Waals surface area contributed by atoms with E-state index in [2.05, 4.69) is 15.8 Å². The molecule has 0 spiro atoms. The van der Waals surface area contributed by atoms with E-state index in [9.17, 15) is 9.59 Å². The maximum atomic E-state index is 11.7. The van der Waals surface area contributed by atoms with E-state index in [4.69, 9.17) is 11.6 Å². The minimum absolute atomic E-state index is 0.549. The number of hydrogen-bond donors (Lipinski definition) is 2. The molecular formula is C16H14ClN3O2. The normalized spacial score (nSPS) is 10.5. The number of rotatable bonds is 3. The number of carbonyl (C=O) groups excluding carboxylic acids is 2. The van der Waals surface area contributed by atoms with Gasteiger partial charge in [0.2, 0.25) is 0 Å². The number of aryl methyl sites for hydroxylation is 1. The van der Waals surface area contributed by atoms with Crippen molar-refractivity contribution in [1.82, 2.24) is 5.43 Å². The highest BCUT2D eigenvalue weighted by atomic mass is 35.5. The molecule has 2 aromatic carbocycles. The zero-order valence-corrected chi connectivity index (χ0v) is 12.6. The summed E-state index contributed by atoms with van der Waals surface area (Å²) in [6.07, 6.45) is 1.42. The van der Waals surface area contributed by atoms with Crippen molar-refractivity contribution in [3.05, 3.63) is 64.7 Å². The van der Waals surface area contributed by atoms with Crippen LogP contribution in [-0.2, 0) is 9.59 Å². The fourth-order valence-electron chi connectivity index (χ4n) is 1.59. The summed E-state index contributed by atoms with van der Waals surface area (Å²) in [7, 11) is 0. The lowest BCUT2D eigenvalue weighted by atomic mass is 10.2. The molecule has 0 aromatic heterocycles. The fourth-order valence-corrected chi connectivity index (χ4v) is 1.72. The molecule has 0 saturated carbocycles. The largest absolute Gasteiger partial charge is 0.329 e. The van der Waals surface area contributed by atoms with Crippen LogP contribution in [0.5, 0.6) is 0 Å². The molecule has 0 saturated heterocycles. The number of halogens is 1. The number of nitrogens with zero attached hydrogens (tertiary/aromatic N) is 1. The summed E-state index contributed by atoms with van der Waals surface area (Å²) < 4.78 is 0. The Morgan fingerprint density at radius 3 is 2.27 bits per heavy atom. The van der Waals surface area contributed by atoms with E-state index < -0.39 is 11.8 Å². The zero-order valence-electron chi connectivity index (χ0n) is 11.8. The Labute approximate surface area is 133 Å². The van der Waals surface area contributed by atoms with Gasteiger partial charge in [-0.25, -0.2) is 5.43 Å². The van der Waals surface area contributed by atoms with Crippen molar-refractivity contribution in [2.75, 3.05) is 5.32 Å². The van der Waals surface area contributed by atoms with E-state index in [0.29, 0.717) is 10.7 Å². The summed E-state index contributed by atoms with van der Waals surface area (Å²) in [6.45, 7) is 1.93. The molecule has 0 atom stereocenters. The van der Waals surface area contributed by atoms with Crippen LogP contribution in [0.15, 0.2) is 53.6 Å². The van der Waals surface area contributed by atoms with Crippen molar-refractivity contribution in [2.45, 2.75) is 6.92 Å². The van der Waals surface area contributed by atoms with Gasteiger partial charge >= 0.3 is 11.8 Å². The van der Waals surface area contributed by atoms with Gasteiger partial charge in [-0.05, 0) is 36.8 Å². The second kappa shape index (κ2) is 7.38. The lowest BCUT2D eigenvalue weighted by Crippen LogP contribution is -2.32.